The molecular formula is C49H52ClN9O7. The number of cyclic esters (lactones) is 1. The minimum Gasteiger partial charge on any atom is -0.508 e. The van der Waals surface area contributed by atoms with Crippen molar-refractivity contribution in [3.63, 3.8) is 0 Å². The van der Waals surface area contributed by atoms with Crippen LogP contribution in [0.5, 0.6) is 11.5 Å². The molecule has 5 aliphatic rings. The van der Waals surface area contributed by atoms with E-state index < -0.39 is 11.6 Å². The van der Waals surface area contributed by atoms with Crippen molar-refractivity contribution in [2.24, 2.45) is 5.92 Å². The number of hydrogen-bond donors (Lipinski definition) is 3. The number of nitriles is 1. The molecule has 16 nitrogen and oxygen atoms in total. The normalized spacial score (nSPS) is 22.3. The largest absolute Gasteiger partial charge is 0.508 e. The van der Waals surface area contributed by atoms with Crippen LogP contribution in [0.4, 0.5) is 5.82 Å². The molecule has 342 valence electrons. The van der Waals surface area contributed by atoms with E-state index in [1.165, 1.54) is 0 Å². The van der Waals surface area contributed by atoms with E-state index in [0.717, 1.165) is 107 Å². The van der Waals surface area contributed by atoms with E-state index in [-0.39, 0.29) is 53.5 Å². The van der Waals surface area contributed by atoms with Crippen LogP contribution in [0.3, 0.4) is 0 Å². The van der Waals surface area contributed by atoms with Gasteiger partial charge in [0, 0.05) is 86.5 Å². The van der Waals surface area contributed by atoms with Gasteiger partial charge in [-0.15, -0.1) is 10.2 Å². The van der Waals surface area contributed by atoms with E-state index in [1.807, 2.05) is 12.1 Å². The van der Waals surface area contributed by atoms with Gasteiger partial charge >= 0.3 is 5.97 Å². The molecule has 4 aliphatic heterocycles. The molecule has 1 amide bonds. The molecule has 66 heavy (non-hydrogen) atoms. The summed E-state index contributed by atoms with van der Waals surface area (Å²) >= 11 is 6.16. The van der Waals surface area contributed by atoms with Gasteiger partial charge in [0.25, 0.3) is 11.5 Å². The highest BCUT2D eigenvalue weighted by Gasteiger charge is 2.45. The number of phenolic OH excluding ortho intramolecular Hbond substituents is 1. The van der Waals surface area contributed by atoms with Crippen molar-refractivity contribution < 1.29 is 29.3 Å². The van der Waals surface area contributed by atoms with Crippen molar-refractivity contribution in [1.29, 1.82) is 5.26 Å². The number of esters is 1. The number of benzene rings is 2. The summed E-state index contributed by atoms with van der Waals surface area (Å²) in [5.41, 5.74) is 2.65. The number of fused-ring (bicyclic) bond motifs is 5. The first-order valence-electron chi connectivity index (χ1n) is 23.0. The van der Waals surface area contributed by atoms with E-state index >= 15 is 0 Å². The lowest BCUT2D eigenvalue weighted by molar-refractivity contribution is -0.172. The Bertz CT molecular complexity index is 2810. The molecule has 2 saturated heterocycles. The number of aromatic hydroxyl groups is 1. The zero-order valence-electron chi connectivity index (χ0n) is 36.8. The zero-order chi connectivity index (χ0) is 45.7. The number of nitrogens with zero attached hydrogens (tertiary/aromatic N) is 8. The Hall–Kier alpha value is -6.12. The minimum absolute atomic E-state index is 0.0179. The third-order valence-electron chi connectivity index (χ3n) is 14.3. The third-order valence-corrected chi connectivity index (χ3v) is 14.6. The van der Waals surface area contributed by atoms with Gasteiger partial charge in [0.1, 0.15) is 24.2 Å². The van der Waals surface area contributed by atoms with Gasteiger partial charge in [0.2, 0.25) is 0 Å². The highest BCUT2D eigenvalue weighted by molar-refractivity contribution is 6.31. The lowest BCUT2D eigenvalue weighted by Gasteiger charge is -2.39. The first-order valence-corrected chi connectivity index (χ1v) is 23.4. The van der Waals surface area contributed by atoms with Crippen LogP contribution in [0, 0.1) is 17.2 Å². The average Bonchev–Trinajstić information content (AvgIpc) is 3.70. The van der Waals surface area contributed by atoms with Gasteiger partial charge in [-0.3, -0.25) is 14.5 Å². The Kier molecular flexibility index (Phi) is 11.9. The van der Waals surface area contributed by atoms with Gasteiger partial charge in [-0.2, -0.15) is 5.26 Å². The monoisotopic (exact) mass is 913 g/mol. The number of carbonyl (C=O) groups is 2. The summed E-state index contributed by atoms with van der Waals surface area (Å²) in [7, 11) is 0. The number of carbonyl (C=O) groups excluding carboxylic acids is 2. The maximum atomic E-state index is 13.7. The van der Waals surface area contributed by atoms with Crippen LogP contribution in [0.2, 0.25) is 5.02 Å². The first kappa shape index (κ1) is 43.8. The lowest BCUT2D eigenvalue weighted by atomic mass is 9.86. The maximum absolute atomic E-state index is 13.7. The lowest BCUT2D eigenvalue weighted by Crippen LogP contribution is -2.48. The molecule has 5 aromatic rings. The van der Waals surface area contributed by atoms with Gasteiger partial charge in [-0.05, 0) is 99.4 Å². The molecule has 0 bridgehead atoms. The molecule has 17 heteroatoms. The predicted molar refractivity (Wildman–Crippen MR) is 245 cm³/mol. The van der Waals surface area contributed by atoms with Crippen molar-refractivity contribution in [1.82, 2.24) is 34.9 Å². The molecule has 1 aliphatic carbocycles. The number of piperazine rings is 1. The van der Waals surface area contributed by atoms with Crippen molar-refractivity contribution >= 4 is 40.2 Å². The smallest absolute Gasteiger partial charge is 0.343 e. The van der Waals surface area contributed by atoms with Crippen LogP contribution in [-0.2, 0) is 34.8 Å². The van der Waals surface area contributed by atoms with E-state index in [4.69, 9.17) is 31.3 Å². The topological polar surface area (TPSA) is 199 Å². The maximum Gasteiger partial charge on any atom is 0.343 e. The van der Waals surface area contributed by atoms with E-state index in [2.05, 4.69) is 36.3 Å². The Balaban J connectivity index is 0.689. The second-order valence-corrected chi connectivity index (χ2v) is 18.7. The fraction of sp³-hybridized carbons (Fsp3) is 0.449. The van der Waals surface area contributed by atoms with Crippen LogP contribution in [0.25, 0.3) is 22.3 Å². The van der Waals surface area contributed by atoms with Crippen molar-refractivity contribution in [3.05, 3.63) is 103 Å². The summed E-state index contributed by atoms with van der Waals surface area (Å²) < 4.78 is 12.9. The molecule has 3 fully saturated rings. The predicted octanol–water partition coefficient (Wildman–Crippen LogP) is 5.25. The molecule has 0 radical (unpaired) electrons. The number of piperidine rings is 1. The number of aromatic nitrogens is 4. The van der Waals surface area contributed by atoms with Crippen LogP contribution < -0.4 is 20.5 Å². The number of rotatable bonds is 10. The number of phenols is 1. The molecule has 3 aromatic heterocycles. The fourth-order valence-corrected chi connectivity index (χ4v) is 10.6. The zero-order valence-corrected chi connectivity index (χ0v) is 37.6. The Labute approximate surface area is 386 Å². The Morgan fingerprint density at radius 1 is 0.970 bits per heavy atom. The number of halogens is 1. The molecule has 0 unspecified atom stereocenters. The highest BCUT2D eigenvalue weighted by atomic mass is 35.5. The molecule has 1 atom stereocenters. The summed E-state index contributed by atoms with van der Waals surface area (Å²) in [5.74, 6) is 1.23. The van der Waals surface area contributed by atoms with Crippen molar-refractivity contribution in [2.45, 2.75) is 89.3 Å². The summed E-state index contributed by atoms with van der Waals surface area (Å²) in [6, 6.07) is 18.1. The molecule has 1 saturated carbocycles. The van der Waals surface area contributed by atoms with E-state index in [9.17, 15) is 24.6 Å². The third kappa shape index (κ3) is 8.34. The number of nitrogens with one attached hydrogen (secondary N) is 1. The molecular weight excluding hydrogens is 862 g/mol. The molecule has 10 rings (SSSR count). The summed E-state index contributed by atoms with van der Waals surface area (Å²) in [6.07, 6.45) is 5.33. The van der Waals surface area contributed by atoms with Crippen LogP contribution in [0.1, 0.15) is 90.2 Å². The summed E-state index contributed by atoms with van der Waals surface area (Å²) in [5, 5.41) is 44.6. The molecule has 2 aromatic carbocycles. The number of amides is 1. The number of ether oxygens (including phenoxy) is 2. The van der Waals surface area contributed by atoms with Crippen molar-refractivity contribution in [2.75, 3.05) is 50.7 Å². The summed E-state index contributed by atoms with van der Waals surface area (Å²) in [4.78, 5) is 51.5. The standard InChI is InChI=1S/C49H52ClN9O7/c1-2-49(64)38-23-42-45-31(26-59(42)47(62)37(38)28-65-48(49)63)21-35-36(43(60)11-9-40(35)53-45)27-57-19-17-56(18-20-57)25-29-13-15-58(16-14-29)44-12-10-41(54-55-44)46(61)52-32-4-7-33(8-5-32)66-34-6-3-30(24-51)39(50)22-34/h3,6,9-12,21-23,29,32-33,60,64H,2,4-5,7-8,13-20,25-28H2,1H3,(H,52,61)/t32-,33-,49-/m0/s1. The minimum atomic E-state index is -1.89. The van der Waals surface area contributed by atoms with Crippen molar-refractivity contribution in [3.8, 4) is 29.0 Å². The number of anilines is 1. The number of aliphatic hydroxyl groups is 1. The van der Waals surface area contributed by atoms with Gasteiger partial charge in [-0.1, -0.05) is 18.5 Å². The number of hydrogen-bond acceptors (Lipinski definition) is 14. The SMILES string of the molecule is CC[C@@]1(O)C(=O)OCc2c1cc1n(c2=O)Cc2cc3c(CN4CCN(CC5CCN(c6ccc(C(=O)N[C@H]7CC[C@H](Oc8ccc(C#N)c(Cl)c8)CC7)nn6)CC5)CC4)c(O)ccc3nc2-1. The average molecular weight is 914 g/mol. The van der Waals surface area contributed by atoms with Gasteiger partial charge < -0.3 is 39.4 Å². The van der Waals surface area contributed by atoms with Crippen LogP contribution >= 0.6 is 11.6 Å². The first-order chi connectivity index (χ1) is 32.0. The molecule has 3 N–H and O–H groups in total. The second kappa shape index (κ2) is 17.9. The van der Waals surface area contributed by atoms with E-state index in [0.29, 0.717) is 57.9 Å². The number of pyridine rings is 2. The molecule has 7 heterocycles. The van der Waals surface area contributed by atoms with Crippen LogP contribution in [-0.4, -0.2) is 110 Å². The Morgan fingerprint density at radius 3 is 2.45 bits per heavy atom. The van der Waals surface area contributed by atoms with Gasteiger partial charge in [0.05, 0.1) is 45.7 Å². The van der Waals surface area contributed by atoms with Gasteiger partial charge in [0.15, 0.2) is 17.1 Å². The summed E-state index contributed by atoms with van der Waals surface area (Å²) in [6.45, 7) is 8.73. The van der Waals surface area contributed by atoms with Crippen LogP contribution in [0.15, 0.2) is 59.4 Å². The second-order valence-electron chi connectivity index (χ2n) is 18.3. The highest BCUT2D eigenvalue weighted by Crippen LogP contribution is 2.40. The quantitative estimate of drug-likeness (QED) is 0.151. The fourth-order valence-electron chi connectivity index (χ4n) is 10.4. The Morgan fingerprint density at radius 2 is 1.74 bits per heavy atom. The molecule has 0 spiro atoms. The van der Waals surface area contributed by atoms with Gasteiger partial charge in [-0.25, -0.2) is 9.78 Å². The van der Waals surface area contributed by atoms with E-state index in [1.54, 1.807) is 54.0 Å².